The first-order chi connectivity index (χ1) is 13.8. The van der Waals surface area contributed by atoms with Crippen LogP contribution >= 0.6 is 0 Å². The van der Waals surface area contributed by atoms with Crippen molar-refractivity contribution in [1.29, 1.82) is 0 Å². The number of carbonyl (C=O) groups is 2. The molecule has 6 nitrogen and oxygen atoms in total. The average molecular weight is 409 g/mol. The maximum absolute atomic E-state index is 13.1. The molecular formula is C22H33FN2O4. The molecule has 0 spiro atoms. The minimum absolute atomic E-state index is 0.242. The number of hydroxylamine groups is 1. The lowest BCUT2D eigenvalue weighted by atomic mass is 9.87. The number of rotatable bonds is 9. The molecule has 29 heavy (non-hydrogen) atoms. The summed E-state index contributed by atoms with van der Waals surface area (Å²) in [5, 5.41) is 19.3. The molecule has 1 heterocycles. The van der Waals surface area contributed by atoms with Gasteiger partial charge in [0.2, 0.25) is 5.91 Å². The summed E-state index contributed by atoms with van der Waals surface area (Å²) in [6.07, 6.45) is 2.89. The molecule has 3 atom stereocenters. The number of carbonyl (C=O) groups excluding carboxylic acids is 2. The summed E-state index contributed by atoms with van der Waals surface area (Å²) in [6.45, 7) is 5.58. The predicted octanol–water partition coefficient (Wildman–Crippen LogP) is 2.92. The SMILES string of the molecule is CC(C)C[C@@H]1CCCN(C(=O)[C@H](CCCc2ccc(F)cc2)[C@H](O)C(=O)NO)C1. The van der Waals surface area contributed by atoms with E-state index in [1.165, 1.54) is 17.6 Å². The Morgan fingerprint density at radius 1 is 1.28 bits per heavy atom. The molecule has 7 heteroatoms. The number of hydrogen-bond acceptors (Lipinski definition) is 4. The van der Waals surface area contributed by atoms with Crippen LogP contribution in [0.15, 0.2) is 24.3 Å². The van der Waals surface area contributed by atoms with Crippen LogP contribution in [-0.4, -0.2) is 46.2 Å². The number of nitrogens with zero attached hydrogens (tertiary/aromatic N) is 1. The molecule has 0 aliphatic carbocycles. The molecule has 1 saturated heterocycles. The van der Waals surface area contributed by atoms with Gasteiger partial charge in [0.1, 0.15) is 11.9 Å². The van der Waals surface area contributed by atoms with E-state index in [1.54, 1.807) is 17.0 Å². The highest BCUT2D eigenvalue weighted by molar-refractivity contribution is 5.88. The van der Waals surface area contributed by atoms with Crippen LogP contribution in [-0.2, 0) is 16.0 Å². The van der Waals surface area contributed by atoms with Gasteiger partial charge in [0.05, 0.1) is 5.92 Å². The molecule has 0 saturated carbocycles. The number of nitrogens with one attached hydrogen (secondary N) is 1. The topological polar surface area (TPSA) is 89.9 Å². The number of aliphatic hydroxyl groups is 1. The zero-order valence-electron chi connectivity index (χ0n) is 17.3. The molecule has 162 valence electrons. The smallest absolute Gasteiger partial charge is 0.272 e. The number of amides is 2. The number of hydrogen-bond donors (Lipinski definition) is 3. The van der Waals surface area contributed by atoms with E-state index in [1.807, 2.05) is 0 Å². The second kappa shape index (κ2) is 11.3. The molecule has 0 radical (unpaired) electrons. The Labute approximate surface area is 172 Å². The van der Waals surface area contributed by atoms with Gasteiger partial charge in [-0.1, -0.05) is 26.0 Å². The molecule has 1 aromatic carbocycles. The summed E-state index contributed by atoms with van der Waals surface area (Å²) < 4.78 is 13.0. The van der Waals surface area contributed by atoms with Gasteiger partial charge in [-0.2, -0.15) is 0 Å². The van der Waals surface area contributed by atoms with Crippen LogP contribution in [0.1, 0.15) is 51.5 Å². The van der Waals surface area contributed by atoms with Crippen LogP contribution in [0.25, 0.3) is 0 Å². The third-order valence-corrected chi connectivity index (χ3v) is 5.61. The minimum atomic E-state index is -1.61. The van der Waals surface area contributed by atoms with Crippen molar-refractivity contribution < 1.29 is 24.3 Å². The van der Waals surface area contributed by atoms with Crippen molar-refractivity contribution in [2.45, 2.75) is 58.5 Å². The van der Waals surface area contributed by atoms with E-state index in [0.717, 1.165) is 24.8 Å². The molecular weight excluding hydrogens is 375 g/mol. The zero-order chi connectivity index (χ0) is 21.4. The number of aliphatic hydroxyl groups excluding tert-OH is 1. The highest BCUT2D eigenvalue weighted by Crippen LogP contribution is 2.26. The normalized spacial score (nSPS) is 19.1. The number of aryl methyl sites for hydroxylation is 1. The maximum atomic E-state index is 13.1. The summed E-state index contributed by atoms with van der Waals surface area (Å²) in [5.74, 6) is -1.46. The van der Waals surface area contributed by atoms with E-state index in [4.69, 9.17) is 5.21 Å². The molecule has 2 rings (SSSR count). The Hall–Kier alpha value is -1.99. The number of benzene rings is 1. The monoisotopic (exact) mass is 408 g/mol. The van der Waals surface area contributed by atoms with E-state index in [9.17, 15) is 19.1 Å². The zero-order valence-corrected chi connectivity index (χ0v) is 17.3. The molecule has 3 N–H and O–H groups in total. The Morgan fingerprint density at radius 2 is 1.97 bits per heavy atom. The first-order valence-corrected chi connectivity index (χ1v) is 10.5. The molecule has 0 unspecified atom stereocenters. The maximum Gasteiger partial charge on any atom is 0.272 e. The summed E-state index contributed by atoms with van der Waals surface area (Å²) in [4.78, 5) is 26.7. The van der Waals surface area contributed by atoms with Gasteiger partial charge in [0, 0.05) is 13.1 Å². The molecule has 0 aromatic heterocycles. The van der Waals surface area contributed by atoms with Gasteiger partial charge < -0.3 is 10.0 Å². The average Bonchev–Trinajstić information content (AvgIpc) is 2.70. The molecule has 0 bridgehead atoms. The van der Waals surface area contributed by atoms with E-state index in [0.29, 0.717) is 44.2 Å². The highest BCUT2D eigenvalue weighted by atomic mass is 19.1. The van der Waals surface area contributed by atoms with E-state index in [-0.39, 0.29) is 11.7 Å². The molecule has 2 amide bonds. The van der Waals surface area contributed by atoms with Gasteiger partial charge in [0.25, 0.3) is 5.91 Å². The lowest BCUT2D eigenvalue weighted by Gasteiger charge is -2.36. The Kier molecular flexibility index (Phi) is 9.04. The largest absolute Gasteiger partial charge is 0.382 e. The molecule has 1 aliphatic rings. The van der Waals surface area contributed by atoms with Crippen LogP contribution in [0.3, 0.4) is 0 Å². The number of halogens is 1. The van der Waals surface area contributed by atoms with Crippen molar-refractivity contribution in [2.24, 2.45) is 17.8 Å². The van der Waals surface area contributed by atoms with Crippen molar-refractivity contribution in [3.63, 3.8) is 0 Å². The standard InChI is InChI=1S/C22H33FN2O4/c1-15(2)13-17-6-4-12-25(14-17)22(28)19(20(26)21(27)24-29)7-3-5-16-8-10-18(23)11-9-16/h8-11,15,17,19-20,26,29H,3-7,12-14H2,1-2H3,(H,24,27)/t17-,19+,20-/m0/s1. The van der Waals surface area contributed by atoms with Gasteiger partial charge in [-0.05, 0) is 68.1 Å². The number of likely N-dealkylation sites (tertiary alicyclic amines) is 1. The fourth-order valence-electron chi connectivity index (χ4n) is 4.20. The van der Waals surface area contributed by atoms with Crippen LogP contribution in [0, 0.1) is 23.6 Å². The van der Waals surface area contributed by atoms with Gasteiger partial charge in [-0.15, -0.1) is 0 Å². The quantitative estimate of drug-likeness (QED) is 0.433. The van der Waals surface area contributed by atoms with E-state index >= 15 is 0 Å². The predicted molar refractivity (Wildman–Crippen MR) is 108 cm³/mol. The third kappa shape index (κ3) is 7.08. The van der Waals surface area contributed by atoms with Gasteiger partial charge in [-0.3, -0.25) is 14.8 Å². The summed E-state index contributed by atoms with van der Waals surface area (Å²) in [5.41, 5.74) is 2.38. The van der Waals surface area contributed by atoms with E-state index in [2.05, 4.69) is 13.8 Å². The minimum Gasteiger partial charge on any atom is -0.382 e. The fourth-order valence-corrected chi connectivity index (χ4v) is 4.20. The lowest BCUT2D eigenvalue weighted by molar-refractivity contribution is -0.151. The Balaban J connectivity index is 2.02. The van der Waals surface area contributed by atoms with Gasteiger partial charge in [0.15, 0.2) is 0 Å². The van der Waals surface area contributed by atoms with Gasteiger partial charge >= 0.3 is 0 Å². The van der Waals surface area contributed by atoms with Gasteiger partial charge in [-0.25, -0.2) is 9.87 Å². The van der Waals surface area contributed by atoms with Crippen LogP contribution < -0.4 is 5.48 Å². The summed E-state index contributed by atoms with van der Waals surface area (Å²) in [6, 6.07) is 6.14. The van der Waals surface area contributed by atoms with Crippen molar-refractivity contribution in [3.8, 4) is 0 Å². The second-order valence-corrected chi connectivity index (χ2v) is 8.47. The van der Waals surface area contributed by atoms with Crippen LogP contribution in [0.5, 0.6) is 0 Å². The first-order valence-electron chi connectivity index (χ1n) is 10.5. The number of piperidine rings is 1. The highest BCUT2D eigenvalue weighted by Gasteiger charge is 2.36. The lowest BCUT2D eigenvalue weighted by Crippen LogP contribution is -2.49. The Bertz CT molecular complexity index is 665. The molecule has 1 fully saturated rings. The van der Waals surface area contributed by atoms with E-state index < -0.39 is 17.9 Å². The van der Waals surface area contributed by atoms with Crippen LogP contribution in [0.2, 0.25) is 0 Å². The van der Waals surface area contributed by atoms with Crippen molar-refractivity contribution in [1.82, 2.24) is 10.4 Å². The Morgan fingerprint density at radius 3 is 2.59 bits per heavy atom. The van der Waals surface area contributed by atoms with Crippen LogP contribution in [0.4, 0.5) is 4.39 Å². The van der Waals surface area contributed by atoms with Crippen molar-refractivity contribution in [2.75, 3.05) is 13.1 Å². The first kappa shape index (κ1) is 23.3. The molecule has 1 aliphatic heterocycles. The molecule has 1 aromatic rings. The second-order valence-electron chi connectivity index (χ2n) is 8.47. The van der Waals surface area contributed by atoms with Crippen molar-refractivity contribution in [3.05, 3.63) is 35.6 Å². The summed E-state index contributed by atoms with van der Waals surface area (Å²) in [7, 11) is 0. The summed E-state index contributed by atoms with van der Waals surface area (Å²) >= 11 is 0. The third-order valence-electron chi connectivity index (χ3n) is 5.61. The fraction of sp³-hybridized carbons (Fsp3) is 0.636. The van der Waals surface area contributed by atoms with Crippen molar-refractivity contribution >= 4 is 11.8 Å².